The smallest absolute Gasteiger partial charge is 0.0850 e. The molecule has 76 valence electrons. The van der Waals surface area contributed by atoms with Crippen LogP contribution in [-0.4, -0.2) is 20.4 Å². The Morgan fingerprint density at radius 2 is 1.79 bits per heavy atom. The Morgan fingerprint density at radius 1 is 1.00 bits per heavy atom. The van der Waals surface area contributed by atoms with Gasteiger partial charge in [-0.05, 0) is 41.9 Å². The SMILES string of the molecule is O[C@]12[C@@H]3[C@H]4CC5C([C@H]4[C@H]1Br)[C@H]2[C@@H](Br)[C@@H]53. The minimum atomic E-state index is -0.328. The van der Waals surface area contributed by atoms with Crippen LogP contribution in [0, 0.1) is 41.4 Å². The second-order valence-electron chi connectivity index (χ2n) is 6.08. The lowest BCUT2D eigenvalue weighted by atomic mass is 9.69. The highest BCUT2D eigenvalue weighted by Crippen LogP contribution is 2.85. The Bertz CT molecular complexity index is 353. The lowest BCUT2D eigenvalue weighted by Gasteiger charge is -2.38. The number of aliphatic hydroxyl groups is 1. The van der Waals surface area contributed by atoms with Gasteiger partial charge in [0.1, 0.15) is 0 Å². The van der Waals surface area contributed by atoms with Crippen molar-refractivity contribution in [3.05, 3.63) is 0 Å². The quantitative estimate of drug-likeness (QED) is 0.677. The van der Waals surface area contributed by atoms with E-state index in [1.165, 1.54) is 6.42 Å². The predicted molar refractivity (Wildman–Crippen MR) is 59.4 cm³/mol. The third kappa shape index (κ3) is 0.464. The van der Waals surface area contributed by atoms with E-state index in [2.05, 4.69) is 31.9 Å². The molecule has 6 aliphatic carbocycles. The number of alkyl halides is 2. The Hall–Kier alpha value is 0.920. The van der Waals surface area contributed by atoms with Gasteiger partial charge in [0.05, 0.1) is 5.60 Å². The van der Waals surface area contributed by atoms with E-state index in [4.69, 9.17) is 0 Å². The summed E-state index contributed by atoms with van der Waals surface area (Å²) in [4.78, 5) is 1.04. The van der Waals surface area contributed by atoms with Crippen molar-refractivity contribution in [3.8, 4) is 0 Å². The molecule has 6 fully saturated rings. The van der Waals surface area contributed by atoms with E-state index >= 15 is 0 Å². The fourth-order valence-corrected chi connectivity index (χ4v) is 9.32. The van der Waals surface area contributed by atoms with Crippen molar-refractivity contribution in [3.63, 3.8) is 0 Å². The van der Waals surface area contributed by atoms with Crippen molar-refractivity contribution in [2.45, 2.75) is 21.7 Å². The second kappa shape index (κ2) is 1.91. The molecule has 14 heavy (non-hydrogen) atoms. The molecular weight excluding hydrogens is 308 g/mol. The maximum Gasteiger partial charge on any atom is 0.0850 e. The van der Waals surface area contributed by atoms with Crippen molar-refractivity contribution in [1.82, 2.24) is 0 Å². The fraction of sp³-hybridized carbons (Fsp3) is 1.00. The lowest BCUT2D eigenvalue weighted by Crippen LogP contribution is -2.45. The topological polar surface area (TPSA) is 20.2 Å². The van der Waals surface area contributed by atoms with Gasteiger partial charge in [0.2, 0.25) is 0 Å². The van der Waals surface area contributed by atoms with Gasteiger partial charge in [-0.1, -0.05) is 31.9 Å². The summed E-state index contributed by atoms with van der Waals surface area (Å²) in [5, 5.41) is 10.9. The third-order valence-corrected chi connectivity index (χ3v) is 8.84. The molecule has 0 aromatic heterocycles. The lowest BCUT2D eigenvalue weighted by molar-refractivity contribution is -0.0511. The fourth-order valence-electron chi connectivity index (χ4n) is 6.47. The highest BCUT2D eigenvalue weighted by molar-refractivity contribution is 9.10. The van der Waals surface area contributed by atoms with Gasteiger partial charge in [-0.15, -0.1) is 0 Å². The number of hydrogen-bond donors (Lipinski definition) is 1. The minimum Gasteiger partial charge on any atom is -0.388 e. The number of rotatable bonds is 0. The maximum atomic E-state index is 10.9. The molecule has 6 bridgehead atoms. The van der Waals surface area contributed by atoms with Crippen LogP contribution in [0.1, 0.15) is 6.42 Å². The van der Waals surface area contributed by atoms with Crippen molar-refractivity contribution in [2.75, 3.05) is 0 Å². The van der Waals surface area contributed by atoms with E-state index in [9.17, 15) is 5.11 Å². The van der Waals surface area contributed by atoms with Gasteiger partial charge in [0.15, 0.2) is 0 Å². The molecule has 6 aliphatic rings. The van der Waals surface area contributed by atoms with Crippen LogP contribution in [0.2, 0.25) is 0 Å². The third-order valence-electron chi connectivity index (χ3n) is 6.32. The van der Waals surface area contributed by atoms with Crippen molar-refractivity contribution >= 4 is 31.9 Å². The molecule has 0 saturated heterocycles. The Morgan fingerprint density at radius 3 is 2.50 bits per heavy atom. The second-order valence-corrected chi connectivity index (χ2v) is 8.12. The average Bonchev–Trinajstić information content (AvgIpc) is 2.81. The predicted octanol–water partition coefficient (Wildman–Crippen LogP) is 2.02. The first kappa shape index (κ1) is 8.08. The first-order valence-electron chi connectivity index (χ1n) is 5.68. The highest BCUT2D eigenvalue weighted by Gasteiger charge is 2.88. The van der Waals surface area contributed by atoms with Crippen molar-refractivity contribution in [2.24, 2.45) is 41.4 Å². The number of halogens is 2. The van der Waals surface area contributed by atoms with Crippen LogP contribution in [-0.2, 0) is 0 Å². The van der Waals surface area contributed by atoms with Crippen LogP contribution < -0.4 is 0 Å². The molecule has 0 spiro atoms. The standard InChI is InChI=1S/C11H12Br2O/c12-9-6-2-1-3-5-4(2)8(9)11(14,7(3)6)10(5)13/h2-10,14H,1H2/t2?,3-,4?,5-,6-,7+,8-,9-,10+,11-/m0/s1. The minimum absolute atomic E-state index is 0.328. The van der Waals surface area contributed by atoms with Crippen molar-refractivity contribution < 1.29 is 5.11 Å². The van der Waals surface area contributed by atoms with Crippen LogP contribution in [0.15, 0.2) is 0 Å². The van der Waals surface area contributed by atoms with Gasteiger partial charge < -0.3 is 5.11 Å². The van der Waals surface area contributed by atoms with E-state index in [1.807, 2.05) is 0 Å². The van der Waals surface area contributed by atoms with Gasteiger partial charge in [-0.25, -0.2) is 0 Å². The summed E-state index contributed by atoms with van der Waals surface area (Å²) in [7, 11) is 0. The maximum absolute atomic E-state index is 10.9. The van der Waals surface area contributed by atoms with Gasteiger partial charge in [0.25, 0.3) is 0 Å². The van der Waals surface area contributed by atoms with E-state index in [1.54, 1.807) is 0 Å². The summed E-state index contributed by atoms with van der Waals surface area (Å²) in [5.74, 6) is 5.54. The van der Waals surface area contributed by atoms with Crippen LogP contribution in [0.4, 0.5) is 0 Å². The number of hydrogen-bond acceptors (Lipinski definition) is 1. The van der Waals surface area contributed by atoms with Crippen LogP contribution in [0.3, 0.4) is 0 Å². The van der Waals surface area contributed by atoms with Gasteiger partial charge >= 0.3 is 0 Å². The molecule has 0 aliphatic heterocycles. The molecule has 10 atom stereocenters. The molecule has 0 radical (unpaired) electrons. The van der Waals surface area contributed by atoms with Gasteiger partial charge in [0, 0.05) is 15.6 Å². The molecule has 2 unspecified atom stereocenters. The highest BCUT2D eigenvalue weighted by atomic mass is 79.9. The molecular formula is C11H12Br2O. The Balaban J connectivity index is 1.88. The van der Waals surface area contributed by atoms with E-state index in [0.29, 0.717) is 21.5 Å². The summed E-state index contributed by atoms with van der Waals surface area (Å²) in [5.41, 5.74) is -0.328. The zero-order valence-corrected chi connectivity index (χ0v) is 10.8. The zero-order chi connectivity index (χ0) is 9.40. The first-order chi connectivity index (χ1) is 6.67. The Labute approximate surface area is 99.9 Å². The van der Waals surface area contributed by atoms with Gasteiger partial charge in [-0.2, -0.15) is 0 Å². The molecule has 6 rings (SSSR count). The molecule has 3 heteroatoms. The summed E-state index contributed by atoms with van der Waals surface area (Å²) >= 11 is 7.67. The molecule has 1 nitrogen and oxygen atoms in total. The van der Waals surface area contributed by atoms with Crippen LogP contribution in [0.25, 0.3) is 0 Å². The molecule has 6 saturated carbocycles. The molecule has 1 N–H and O–H groups in total. The van der Waals surface area contributed by atoms with Crippen LogP contribution in [0.5, 0.6) is 0 Å². The monoisotopic (exact) mass is 318 g/mol. The normalized spacial score (nSPS) is 85.5. The van der Waals surface area contributed by atoms with E-state index in [0.717, 1.165) is 29.6 Å². The van der Waals surface area contributed by atoms with E-state index < -0.39 is 0 Å². The molecule has 0 heterocycles. The summed E-state index contributed by atoms with van der Waals surface area (Å²) in [6.45, 7) is 0. The Kier molecular flexibility index (Phi) is 1.10. The largest absolute Gasteiger partial charge is 0.388 e. The molecule has 0 aromatic carbocycles. The summed E-state index contributed by atoms with van der Waals surface area (Å²) < 4.78 is 0. The summed E-state index contributed by atoms with van der Waals surface area (Å²) in [6, 6.07) is 0. The van der Waals surface area contributed by atoms with Crippen molar-refractivity contribution in [1.29, 1.82) is 0 Å². The molecule has 0 amide bonds. The molecule has 0 aromatic rings. The van der Waals surface area contributed by atoms with E-state index in [-0.39, 0.29) is 5.60 Å². The van der Waals surface area contributed by atoms with Gasteiger partial charge in [-0.3, -0.25) is 0 Å². The summed E-state index contributed by atoms with van der Waals surface area (Å²) in [6.07, 6.45) is 1.42. The first-order valence-corrected chi connectivity index (χ1v) is 7.51. The van der Waals surface area contributed by atoms with Crippen LogP contribution >= 0.6 is 31.9 Å². The average molecular weight is 320 g/mol. The zero-order valence-electron chi connectivity index (χ0n) is 7.61.